The normalized spacial score (nSPS) is 18.3. The minimum absolute atomic E-state index is 1.50. The fourth-order valence-corrected chi connectivity index (χ4v) is 4.57. The molecule has 1 atom stereocenters. The van der Waals surface area contributed by atoms with E-state index in [2.05, 4.69) is 8.52 Å². The molecule has 0 bridgehead atoms. The van der Waals surface area contributed by atoms with Gasteiger partial charge in [-0.3, -0.25) is 8.88 Å². The predicted octanol–water partition coefficient (Wildman–Crippen LogP) is -0.848. The molecule has 0 saturated carbocycles. The lowest BCUT2D eigenvalue weighted by Crippen LogP contribution is -2.28. The van der Waals surface area contributed by atoms with Crippen molar-refractivity contribution in [1.29, 1.82) is 0 Å². The van der Waals surface area contributed by atoms with Gasteiger partial charge < -0.3 is 23.5 Å². The van der Waals surface area contributed by atoms with E-state index >= 15 is 0 Å². The van der Waals surface area contributed by atoms with Gasteiger partial charge in [-0.1, -0.05) is 0 Å². The molecule has 0 heterocycles. The molecule has 80 valence electrons. The first-order valence-electron chi connectivity index (χ1n) is 3.16. The van der Waals surface area contributed by atoms with E-state index in [1.54, 1.807) is 0 Å². The van der Waals surface area contributed by atoms with Gasteiger partial charge in [-0.15, -0.1) is 0 Å². The number of hydrogen-bond acceptors (Lipinski definition) is 7. The van der Waals surface area contributed by atoms with Crippen LogP contribution >= 0.6 is 15.6 Å². The van der Waals surface area contributed by atoms with E-state index in [1.165, 1.54) is 19.6 Å². The zero-order valence-corrected chi connectivity index (χ0v) is 10.0. The van der Waals surface area contributed by atoms with Crippen LogP contribution in [0.5, 0.6) is 0 Å². The van der Waals surface area contributed by atoms with Gasteiger partial charge >= 0.3 is 0 Å². The Kier molecular flexibility index (Phi) is 4.06. The molecular weight excluding hydrogens is 238 g/mol. The molecular formula is C3H9O7P2Si-3. The van der Waals surface area contributed by atoms with Crippen LogP contribution in [0.1, 0.15) is 0 Å². The topological polar surface area (TPSA) is 122 Å². The third-order valence-electron chi connectivity index (χ3n) is 0.586. The van der Waals surface area contributed by atoms with E-state index in [0.29, 0.717) is 0 Å². The lowest BCUT2D eigenvalue weighted by Gasteiger charge is -2.37. The summed E-state index contributed by atoms with van der Waals surface area (Å²) in [6.45, 7) is 4.50. The van der Waals surface area contributed by atoms with E-state index in [1.807, 2.05) is 0 Å². The molecule has 0 N–H and O–H groups in total. The highest BCUT2D eigenvalue weighted by Crippen LogP contribution is 2.51. The lowest BCUT2D eigenvalue weighted by molar-refractivity contribution is -0.339. The molecule has 0 aromatic heterocycles. The highest BCUT2D eigenvalue weighted by Gasteiger charge is 2.23. The third-order valence-corrected chi connectivity index (χ3v) is 5.27. The van der Waals surface area contributed by atoms with Gasteiger partial charge in [0.2, 0.25) is 0 Å². The molecule has 0 spiro atoms. The SMILES string of the molecule is C[Si](C)(C)OP(=O)([O-])OP(=O)([O-])[O-]. The quantitative estimate of drug-likeness (QED) is 0.468. The third kappa shape index (κ3) is 8.80. The molecule has 0 rings (SSSR count). The van der Waals surface area contributed by atoms with Gasteiger partial charge in [0, 0.05) is 0 Å². The Hall–Kier alpha value is 0.477. The molecule has 10 heteroatoms. The summed E-state index contributed by atoms with van der Waals surface area (Å²) in [5.41, 5.74) is 0. The van der Waals surface area contributed by atoms with Crippen LogP contribution in [0.25, 0.3) is 0 Å². The van der Waals surface area contributed by atoms with Crippen LogP contribution in [0.15, 0.2) is 0 Å². The van der Waals surface area contributed by atoms with E-state index in [9.17, 15) is 23.8 Å². The smallest absolute Gasteiger partial charge is 0.261 e. The standard InChI is InChI=1S/C3H12O7P2Si/c1-13(2,3)10-12(7,8)9-11(4,5)6/h1-3H3,(H,7,8)(H2,4,5,6)/p-3. The summed E-state index contributed by atoms with van der Waals surface area (Å²) in [5.74, 6) is 0. The first-order chi connectivity index (χ1) is 5.41. The fraction of sp³-hybridized carbons (Fsp3) is 1.00. The maximum Gasteiger partial charge on any atom is 0.261 e. The summed E-state index contributed by atoms with van der Waals surface area (Å²) in [4.78, 5) is 30.6. The summed E-state index contributed by atoms with van der Waals surface area (Å²) in [6, 6.07) is 0. The van der Waals surface area contributed by atoms with Crippen LogP contribution in [-0.2, 0) is 17.7 Å². The molecule has 1 unspecified atom stereocenters. The van der Waals surface area contributed by atoms with Crippen molar-refractivity contribution in [3.05, 3.63) is 0 Å². The monoisotopic (exact) mass is 247 g/mol. The van der Waals surface area contributed by atoms with Crippen molar-refractivity contribution >= 4 is 24.0 Å². The Morgan fingerprint density at radius 3 is 1.69 bits per heavy atom. The Balaban J connectivity index is 4.44. The molecule has 0 aromatic carbocycles. The van der Waals surface area contributed by atoms with Crippen molar-refractivity contribution in [2.45, 2.75) is 19.6 Å². The summed E-state index contributed by atoms with van der Waals surface area (Å²) in [6.07, 6.45) is 0. The molecule has 0 aliphatic carbocycles. The van der Waals surface area contributed by atoms with Crippen LogP contribution in [0.4, 0.5) is 0 Å². The molecule has 0 aliphatic rings. The Morgan fingerprint density at radius 1 is 1.08 bits per heavy atom. The van der Waals surface area contributed by atoms with Crippen LogP contribution in [0.3, 0.4) is 0 Å². The van der Waals surface area contributed by atoms with Gasteiger partial charge in [-0.25, -0.2) is 0 Å². The van der Waals surface area contributed by atoms with Gasteiger partial charge in [0.15, 0.2) is 8.32 Å². The van der Waals surface area contributed by atoms with E-state index in [0.717, 1.165) is 0 Å². The van der Waals surface area contributed by atoms with Gasteiger partial charge in [-0.05, 0) is 19.6 Å². The van der Waals surface area contributed by atoms with Gasteiger partial charge in [0.25, 0.3) is 7.82 Å². The molecule has 13 heavy (non-hydrogen) atoms. The Bertz CT molecular complexity index is 263. The van der Waals surface area contributed by atoms with Gasteiger partial charge in [0.1, 0.15) is 0 Å². The maximum absolute atomic E-state index is 10.7. The van der Waals surface area contributed by atoms with Crippen molar-refractivity contribution in [3.8, 4) is 0 Å². The van der Waals surface area contributed by atoms with Gasteiger partial charge in [-0.2, -0.15) is 0 Å². The first-order valence-corrected chi connectivity index (χ1v) is 9.49. The van der Waals surface area contributed by atoms with Crippen LogP contribution in [0.2, 0.25) is 19.6 Å². The van der Waals surface area contributed by atoms with Crippen molar-refractivity contribution < 1.29 is 32.3 Å². The van der Waals surface area contributed by atoms with E-state index in [4.69, 9.17) is 0 Å². The van der Waals surface area contributed by atoms with E-state index in [-0.39, 0.29) is 0 Å². The van der Waals surface area contributed by atoms with Crippen molar-refractivity contribution in [2.24, 2.45) is 0 Å². The zero-order valence-electron chi connectivity index (χ0n) is 7.25. The highest BCUT2D eigenvalue weighted by molar-refractivity contribution is 7.59. The zero-order chi connectivity index (χ0) is 10.9. The average Bonchev–Trinajstić information content (AvgIpc) is 1.43. The maximum atomic E-state index is 10.7. The Morgan fingerprint density at radius 2 is 1.46 bits per heavy atom. The largest absolute Gasteiger partial charge is 0.790 e. The average molecular weight is 247 g/mol. The fourth-order valence-electron chi connectivity index (χ4n) is 0.475. The lowest BCUT2D eigenvalue weighted by atomic mass is 11.8. The second-order valence-corrected chi connectivity index (χ2v) is 10.6. The molecule has 0 amide bonds. The number of rotatable bonds is 4. The van der Waals surface area contributed by atoms with Crippen molar-refractivity contribution in [3.63, 3.8) is 0 Å². The summed E-state index contributed by atoms with van der Waals surface area (Å²) in [5, 5.41) is 0. The molecule has 0 radical (unpaired) electrons. The minimum Gasteiger partial charge on any atom is -0.790 e. The highest BCUT2D eigenvalue weighted by atomic mass is 31.3. The second kappa shape index (κ2) is 3.92. The number of phosphoric acid groups is 2. The van der Waals surface area contributed by atoms with Crippen LogP contribution in [0, 0.1) is 0 Å². The molecule has 0 aromatic rings. The molecule has 7 nitrogen and oxygen atoms in total. The summed E-state index contributed by atoms with van der Waals surface area (Å²) in [7, 11) is -13.1. The van der Waals surface area contributed by atoms with Crippen LogP contribution < -0.4 is 14.7 Å². The van der Waals surface area contributed by atoms with Gasteiger partial charge in [0.05, 0.1) is 7.82 Å². The Labute approximate surface area is 76.7 Å². The predicted molar refractivity (Wildman–Crippen MR) is 40.7 cm³/mol. The molecule has 0 aliphatic heterocycles. The number of hydrogen-bond donors (Lipinski definition) is 0. The first kappa shape index (κ1) is 13.5. The molecule has 0 fully saturated rings. The molecule has 0 saturated heterocycles. The summed E-state index contributed by atoms with van der Waals surface area (Å²) >= 11 is 0. The van der Waals surface area contributed by atoms with E-state index < -0.39 is 24.0 Å². The van der Waals surface area contributed by atoms with Crippen LogP contribution in [-0.4, -0.2) is 8.32 Å². The summed E-state index contributed by atoms with van der Waals surface area (Å²) < 4.78 is 28.3. The second-order valence-electron chi connectivity index (χ2n) is 3.18. The minimum atomic E-state index is -5.55. The van der Waals surface area contributed by atoms with Crippen molar-refractivity contribution in [2.75, 3.05) is 0 Å². The van der Waals surface area contributed by atoms with Crippen molar-refractivity contribution in [1.82, 2.24) is 0 Å².